The standard InChI is InChI=1S/C13H22O2/c1-8-7-14-12(15-8)11-6-13(4,5)10(3)9(11)2/h8,11-12H,6-7H2,1-5H3. The Balaban J connectivity index is 2.14. The average molecular weight is 210 g/mol. The van der Waals surface area contributed by atoms with Crippen molar-refractivity contribution in [1.82, 2.24) is 0 Å². The minimum Gasteiger partial charge on any atom is -0.349 e. The molecule has 1 heterocycles. The molecule has 1 aliphatic heterocycles. The second-order valence-corrected chi connectivity index (χ2v) is 5.65. The molecule has 2 rings (SSSR count). The molecule has 0 spiro atoms. The molecular formula is C13H22O2. The molecule has 0 N–H and O–H groups in total. The van der Waals surface area contributed by atoms with Crippen molar-refractivity contribution in [2.45, 2.75) is 53.4 Å². The van der Waals surface area contributed by atoms with Crippen molar-refractivity contribution in [3.63, 3.8) is 0 Å². The van der Waals surface area contributed by atoms with Crippen molar-refractivity contribution < 1.29 is 9.47 Å². The highest BCUT2D eigenvalue weighted by Gasteiger charge is 2.41. The van der Waals surface area contributed by atoms with E-state index >= 15 is 0 Å². The van der Waals surface area contributed by atoms with E-state index < -0.39 is 0 Å². The molecule has 3 atom stereocenters. The molecule has 0 amide bonds. The predicted molar refractivity (Wildman–Crippen MR) is 60.5 cm³/mol. The first kappa shape index (κ1) is 11.2. The molecule has 0 aromatic rings. The average Bonchev–Trinajstić information content (AvgIpc) is 2.65. The van der Waals surface area contributed by atoms with Gasteiger partial charge in [-0.2, -0.15) is 0 Å². The van der Waals surface area contributed by atoms with Crippen LogP contribution in [-0.4, -0.2) is 19.0 Å². The summed E-state index contributed by atoms with van der Waals surface area (Å²) in [6.07, 6.45) is 1.41. The summed E-state index contributed by atoms with van der Waals surface area (Å²) in [4.78, 5) is 0. The molecule has 1 fully saturated rings. The van der Waals surface area contributed by atoms with Gasteiger partial charge >= 0.3 is 0 Å². The van der Waals surface area contributed by atoms with Gasteiger partial charge in [0.25, 0.3) is 0 Å². The number of hydrogen-bond donors (Lipinski definition) is 0. The molecule has 2 aliphatic rings. The van der Waals surface area contributed by atoms with Gasteiger partial charge in [0.2, 0.25) is 0 Å². The van der Waals surface area contributed by atoms with Gasteiger partial charge in [0.05, 0.1) is 12.7 Å². The predicted octanol–water partition coefficient (Wildman–Crippen LogP) is 3.13. The zero-order chi connectivity index (χ0) is 11.2. The lowest BCUT2D eigenvalue weighted by Crippen LogP contribution is -2.23. The monoisotopic (exact) mass is 210 g/mol. The molecule has 0 aromatic carbocycles. The maximum absolute atomic E-state index is 5.80. The summed E-state index contributed by atoms with van der Waals surface area (Å²) in [5.41, 5.74) is 3.30. The SMILES string of the molecule is CC1=C(C)C(C)(C)CC1C1OCC(C)O1. The molecule has 0 aromatic heterocycles. The topological polar surface area (TPSA) is 18.5 Å². The van der Waals surface area contributed by atoms with E-state index in [1.165, 1.54) is 11.1 Å². The fourth-order valence-corrected chi connectivity index (χ4v) is 2.72. The molecular weight excluding hydrogens is 188 g/mol. The summed E-state index contributed by atoms with van der Waals surface area (Å²) in [6, 6.07) is 0. The highest BCUT2D eigenvalue weighted by molar-refractivity contribution is 5.27. The Kier molecular flexibility index (Phi) is 2.68. The summed E-state index contributed by atoms with van der Waals surface area (Å²) in [7, 11) is 0. The van der Waals surface area contributed by atoms with Crippen LogP contribution in [0.3, 0.4) is 0 Å². The Hall–Kier alpha value is -0.340. The maximum atomic E-state index is 5.80. The van der Waals surface area contributed by atoms with Crippen LogP contribution >= 0.6 is 0 Å². The van der Waals surface area contributed by atoms with Crippen LogP contribution in [0.15, 0.2) is 11.1 Å². The second kappa shape index (κ2) is 3.60. The van der Waals surface area contributed by atoms with E-state index in [-0.39, 0.29) is 12.4 Å². The van der Waals surface area contributed by atoms with Crippen LogP contribution in [0.4, 0.5) is 0 Å². The largest absolute Gasteiger partial charge is 0.349 e. The number of rotatable bonds is 1. The molecule has 2 heteroatoms. The second-order valence-electron chi connectivity index (χ2n) is 5.65. The third-order valence-electron chi connectivity index (χ3n) is 4.08. The molecule has 0 bridgehead atoms. The van der Waals surface area contributed by atoms with Gasteiger partial charge in [0.1, 0.15) is 0 Å². The number of allylic oxidation sites excluding steroid dienone is 1. The number of hydrogen-bond acceptors (Lipinski definition) is 2. The van der Waals surface area contributed by atoms with E-state index in [1.54, 1.807) is 0 Å². The number of ether oxygens (including phenoxy) is 2. The van der Waals surface area contributed by atoms with Crippen LogP contribution in [0.2, 0.25) is 0 Å². The Morgan fingerprint density at radius 2 is 1.93 bits per heavy atom. The van der Waals surface area contributed by atoms with Crippen molar-refractivity contribution in [2.75, 3.05) is 6.61 Å². The molecule has 0 radical (unpaired) electrons. The van der Waals surface area contributed by atoms with Gasteiger partial charge in [-0.1, -0.05) is 25.0 Å². The first-order chi connectivity index (χ1) is 6.92. The highest BCUT2D eigenvalue weighted by atomic mass is 16.7. The third-order valence-corrected chi connectivity index (χ3v) is 4.08. The molecule has 15 heavy (non-hydrogen) atoms. The van der Waals surface area contributed by atoms with Crippen molar-refractivity contribution in [2.24, 2.45) is 11.3 Å². The van der Waals surface area contributed by atoms with Gasteiger partial charge in [-0.15, -0.1) is 0 Å². The lowest BCUT2D eigenvalue weighted by molar-refractivity contribution is -0.0874. The van der Waals surface area contributed by atoms with Crippen LogP contribution in [0.5, 0.6) is 0 Å². The normalized spacial score (nSPS) is 40.2. The molecule has 1 aliphatic carbocycles. The summed E-state index contributed by atoms with van der Waals surface area (Å²) in [6.45, 7) is 11.9. The Morgan fingerprint density at radius 1 is 1.27 bits per heavy atom. The minimum atomic E-state index is -0.00303. The quantitative estimate of drug-likeness (QED) is 0.619. The van der Waals surface area contributed by atoms with E-state index in [0.29, 0.717) is 11.3 Å². The van der Waals surface area contributed by atoms with Gasteiger partial charge in [-0.3, -0.25) is 0 Å². The third kappa shape index (κ3) is 1.85. The van der Waals surface area contributed by atoms with Crippen LogP contribution in [0, 0.1) is 11.3 Å². The smallest absolute Gasteiger partial charge is 0.164 e. The van der Waals surface area contributed by atoms with E-state index in [2.05, 4.69) is 34.6 Å². The van der Waals surface area contributed by atoms with Crippen LogP contribution in [0.1, 0.15) is 41.0 Å². The summed E-state index contributed by atoms with van der Waals surface area (Å²) in [5, 5.41) is 0. The van der Waals surface area contributed by atoms with E-state index in [0.717, 1.165) is 13.0 Å². The van der Waals surface area contributed by atoms with Crippen LogP contribution < -0.4 is 0 Å². The van der Waals surface area contributed by atoms with Gasteiger partial charge in [-0.25, -0.2) is 0 Å². The first-order valence-electron chi connectivity index (χ1n) is 5.87. The van der Waals surface area contributed by atoms with E-state index in [1.807, 2.05) is 0 Å². The van der Waals surface area contributed by atoms with Gasteiger partial charge in [0, 0.05) is 5.92 Å². The summed E-state index contributed by atoms with van der Waals surface area (Å²) in [5.74, 6) is 0.463. The maximum Gasteiger partial charge on any atom is 0.164 e. The first-order valence-corrected chi connectivity index (χ1v) is 5.87. The molecule has 1 saturated heterocycles. The highest BCUT2D eigenvalue weighted by Crippen LogP contribution is 2.48. The van der Waals surface area contributed by atoms with Crippen molar-refractivity contribution in [1.29, 1.82) is 0 Å². The van der Waals surface area contributed by atoms with Crippen LogP contribution in [0.25, 0.3) is 0 Å². The fraction of sp³-hybridized carbons (Fsp3) is 0.846. The zero-order valence-electron chi connectivity index (χ0n) is 10.5. The van der Waals surface area contributed by atoms with Gasteiger partial charge in [0.15, 0.2) is 6.29 Å². The lowest BCUT2D eigenvalue weighted by atomic mass is 9.85. The van der Waals surface area contributed by atoms with E-state index in [9.17, 15) is 0 Å². The minimum absolute atomic E-state index is 0.00303. The molecule has 3 unspecified atom stereocenters. The van der Waals surface area contributed by atoms with Gasteiger partial charge in [-0.05, 0) is 32.6 Å². The van der Waals surface area contributed by atoms with Crippen molar-refractivity contribution >= 4 is 0 Å². The Bertz CT molecular complexity index is 291. The Morgan fingerprint density at radius 3 is 2.33 bits per heavy atom. The Labute approximate surface area is 92.6 Å². The van der Waals surface area contributed by atoms with E-state index in [4.69, 9.17) is 9.47 Å². The summed E-state index contributed by atoms with van der Waals surface area (Å²) < 4.78 is 11.5. The zero-order valence-corrected chi connectivity index (χ0v) is 10.5. The van der Waals surface area contributed by atoms with Crippen LogP contribution in [-0.2, 0) is 9.47 Å². The molecule has 86 valence electrons. The van der Waals surface area contributed by atoms with Crippen molar-refractivity contribution in [3.8, 4) is 0 Å². The fourth-order valence-electron chi connectivity index (χ4n) is 2.72. The molecule has 0 saturated carbocycles. The van der Waals surface area contributed by atoms with Crippen molar-refractivity contribution in [3.05, 3.63) is 11.1 Å². The molecule has 2 nitrogen and oxygen atoms in total. The lowest BCUT2D eigenvalue weighted by Gasteiger charge is -2.23. The summed E-state index contributed by atoms with van der Waals surface area (Å²) >= 11 is 0. The van der Waals surface area contributed by atoms with Gasteiger partial charge < -0.3 is 9.47 Å².